The Kier molecular flexibility index (Phi) is 6.46. The predicted octanol–water partition coefficient (Wildman–Crippen LogP) is 2.17. The van der Waals surface area contributed by atoms with E-state index in [1.165, 1.54) is 32.3 Å². The van der Waals surface area contributed by atoms with Crippen molar-refractivity contribution in [2.45, 2.75) is 18.5 Å². The summed E-state index contributed by atoms with van der Waals surface area (Å²) >= 11 is 0. The van der Waals surface area contributed by atoms with E-state index in [1.807, 2.05) is 0 Å². The Morgan fingerprint density at radius 1 is 1.27 bits per heavy atom. The van der Waals surface area contributed by atoms with Crippen LogP contribution in [0.1, 0.15) is 12.0 Å². The van der Waals surface area contributed by atoms with Crippen LogP contribution in [0.4, 0.5) is 0 Å². The number of azide groups is 1. The third-order valence-electron chi connectivity index (χ3n) is 4.08. The van der Waals surface area contributed by atoms with Gasteiger partial charge in [-0.15, -0.1) is 0 Å². The van der Waals surface area contributed by atoms with E-state index in [2.05, 4.69) is 10.0 Å². The van der Waals surface area contributed by atoms with E-state index >= 15 is 0 Å². The van der Waals surface area contributed by atoms with Crippen LogP contribution in [0.25, 0.3) is 16.5 Å². The second-order valence-electron chi connectivity index (χ2n) is 5.57. The summed E-state index contributed by atoms with van der Waals surface area (Å²) in [6.07, 6.45) is 3.21. The fourth-order valence-electron chi connectivity index (χ4n) is 2.79. The molecule has 138 valence electrons. The molecule has 9 nitrogen and oxygen atoms in total. The van der Waals surface area contributed by atoms with E-state index < -0.39 is 18.1 Å². The highest BCUT2D eigenvalue weighted by molar-refractivity contribution is 5.95. The van der Waals surface area contributed by atoms with Crippen molar-refractivity contribution in [3.63, 3.8) is 0 Å². The van der Waals surface area contributed by atoms with Crippen LogP contribution >= 0.6 is 0 Å². The highest BCUT2D eigenvalue weighted by Gasteiger charge is 2.39. The number of carbonyl (C=O) groups is 2. The SMILES string of the molecule is COC(=O)C1CC(N=[N+]=[N-])CN1C(=O)/C=C/c1ccc(OC)c(OC)c1. The maximum atomic E-state index is 12.5. The molecule has 9 heteroatoms. The minimum Gasteiger partial charge on any atom is -0.493 e. The number of hydrogen-bond donors (Lipinski definition) is 0. The normalized spacial score (nSPS) is 19.1. The third kappa shape index (κ3) is 4.25. The van der Waals surface area contributed by atoms with Gasteiger partial charge in [0.2, 0.25) is 5.91 Å². The van der Waals surface area contributed by atoms with Crippen molar-refractivity contribution in [2.24, 2.45) is 5.11 Å². The second-order valence-corrected chi connectivity index (χ2v) is 5.57. The van der Waals surface area contributed by atoms with Crippen LogP contribution in [0.2, 0.25) is 0 Å². The Balaban J connectivity index is 2.17. The zero-order valence-electron chi connectivity index (χ0n) is 14.8. The van der Waals surface area contributed by atoms with Gasteiger partial charge in [-0.25, -0.2) is 4.79 Å². The van der Waals surface area contributed by atoms with Gasteiger partial charge in [0.05, 0.1) is 27.4 Å². The number of likely N-dealkylation sites (tertiary alicyclic amines) is 1. The van der Waals surface area contributed by atoms with Gasteiger partial charge in [0, 0.05) is 17.5 Å². The topological polar surface area (TPSA) is 114 Å². The van der Waals surface area contributed by atoms with Crippen molar-refractivity contribution in [2.75, 3.05) is 27.9 Å². The van der Waals surface area contributed by atoms with Gasteiger partial charge in [-0.05, 0) is 35.7 Å². The quantitative estimate of drug-likeness (QED) is 0.254. The number of hydrogen-bond acceptors (Lipinski definition) is 6. The first-order valence-corrected chi connectivity index (χ1v) is 7.86. The zero-order valence-corrected chi connectivity index (χ0v) is 14.8. The predicted molar refractivity (Wildman–Crippen MR) is 93.6 cm³/mol. The summed E-state index contributed by atoms with van der Waals surface area (Å²) in [5, 5.41) is 3.61. The van der Waals surface area contributed by atoms with Crippen molar-refractivity contribution in [1.82, 2.24) is 4.90 Å². The van der Waals surface area contributed by atoms with E-state index in [0.29, 0.717) is 11.5 Å². The molecule has 1 amide bonds. The summed E-state index contributed by atoms with van der Waals surface area (Å²) < 4.78 is 15.1. The number of methoxy groups -OCH3 is 3. The molecular weight excluding hydrogens is 340 g/mol. The second kappa shape index (κ2) is 8.77. The van der Waals surface area contributed by atoms with Crippen LogP contribution in [0.3, 0.4) is 0 Å². The molecule has 2 rings (SSSR count). The minimum atomic E-state index is -0.766. The van der Waals surface area contributed by atoms with Crippen molar-refractivity contribution >= 4 is 18.0 Å². The molecule has 0 aliphatic carbocycles. The average Bonchev–Trinajstić information content (AvgIpc) is 3.09. The lowest BCUT2D eigenvalue weighted by Gasteiger charge is -2.20. The first kappa shape index (κ1) is 19.1. The molecule has 1 fully saturated rings. The molecule has 1 saturated heterocycles. The molecule has 0 spiro atoms. The number of benzene rings is 1. The van der Waals surface area contributed by atoms with Gasteiger partial charge in [0.1, 0.15) is 6.04 Å². The molecule has 1 heterocycles. The number of esters is 1. The summed E-state index contributed by atoms with van der Waals surface area (Å²) in [4.78, 5) is 28.5. The Bertz CT molecular complexity index is 758. The van der Waals surface area contributed by atoms with Crippen LogP contribution in [0, 0.1) is 0 Å². The summed E-state index contributed by atoms with van der Waals surface area (Å²) in [5.41, 5.74) is 9.31. The monoisotopic (exact) mass is 360 g/mol. The van der Waals surface area contributed by atoms with E-state index in [4.69, 9.17) is 19.7 Å². The minimum absolute atomic E-state index is 0.166. The number of rotatable bonds is 6. The van der Waals surface area contributed by atoms with Crippen LogP contribution in [-0.2, 0) is 14.3 Å². The standard InChI is InChI=1S/C17H20N4O5/c1-24-14-6-4-11(8-15(14)25-2)5-7-16(22)21-10-12(19-20-18)9-13(21)17(23)26-3/h4-8,12-13H,9-10H2,1-3H3/b7-5+. The van der Waals surface area contributed by atoms with Crippen LogP contribution in [0.15, 0.2) is 29.4 Å². The molecular formula is C17H20N4O5. The molecule has 0 aromatic heterocycles. The third-order valence-corrected chi connectivity index (χ3v) is 4.08. The highest BCUT2D eigenvalue weighted by atomic mass is 16.5. The van der Waals surface area contributed by atoms with Gasteiger partial charge in [0.25, 0.3) is 0 Å². The Morgan fingerprint density at radius 2 is 2.00 bits per heavy atom. The maximum absolute atomic E-state index is 12.5. The lowest BCUT2D eigenvalue weighted by molar-refractivity contribution is -0.149. The number of carbonyl (C=O) groups excluding carboxylic acids is 2. The van der Waals surface area contributed by atoms with Crippen molar-refractivity contribution in [3.05, 3.63) is 40.3 Å². The molecule has 26 heavy (non-hydrogen) atoms. The molecule has 0 saturated carbocycles. The highest BCUT2D eigenvalue weighted by Crippen LogP contribution is 2.28. The summed E-state index contributed by atoms with van der Waals surface area (Å²) in [5.74, 6) is 0.219. The largest absolute Gasteiger partial charge is 0.493 e. The van der Waals surface area contributed by atoms with Crippen molar-refractivity contribution in [3.8, 4) is 11.5 Å². The molecule has 0 radical (unpaired) electrons. The molecule has 2 unspecified atom stereocenters. The van der Waals surface area contributed by atoms with Crippen molar-refractivity contribution < 1.29 is 23.8 Å². The Morgan fingerprint density at radius 3 is 2.62 bits per heavy atom. The number of amides is 1. The smallest absolute Gasteiger partial charge is 0.328 e. The average molecular weight is 360 g/mol. The van der Waals surface area contributed by atoms with Gasteiger partial charge in [-0.1, -0.05) is 11.2 Å². The van der Waals surface area contributed by atoms with E-state index in [0.717, 1.165) is 5.56 Å². The number of nitrogens with zero attached hydrogens (tertiary/aromatic N) is 4. The van der Waals surface area contributed by atoms with Crippen molar-refractivity contribution in [1.29, 1.82) is 0 Å². The Hall–Kier alpha value is -3.19. The maximum Gasteiger partial charge on any atom is 0.328 e. The van der Waals surface area contributed by atoms with Gasteiger partial charge < -0.3 is 19.1 Å². The molecule has 1 aliphatic heterocycles. The summed E-state index contributed by atoms with van der Waals surface area (Å²) in [7, 11) is 4.32. The van der Waals surface area contributed by atoms with Gasteiger partial charge in [-0.2, -0.15) is 0 Å². The Labute approximate surface area is 150 Å². The summed E-state index contributed by atoms with van der Waals surface area (Å²) in [6, 6.07) is 4.01. The molecule has 2 atom stereocenters. The van der Waals surface area contributed by atoms with Crippen LogP contribution in [0.5, 0.6) is 11.5 Å². The zero-order chi connectivity index (χ0) is 19.1. The molecule has 0 bridgehead atoms. The van der Waals surface area contributed by atoms with Gasteiger partial charge in [-0.3, -0.25) is 4.79 Å². The number of ether oxygens (including phenoxy) is 3. The fraction of sp³-hybridized carbons (Fsp3) is 0.412. The van der Waals surface area contributed by atoms with Crippen LogP contribution < -0.4 is 9.47 Å². The lowest BCUT2D eigenvalue weighted by atomic mass is 10.1. The molecule has 0 N–H and O–H groups in total. The van der Waals surface area contributed by atoms with Gasteiger partial charge in [0.15, 0.2) is 11.5 Å². The first-order chi connectivity index (χ1) is 12.5. The lowest BCUT2D eigenvalue weighted by Crippen LogP contribution is -2.40. The molecule has 1 aromatic rings. The summed E-state index contributed by atoms with van der Waals surface area (Å²) in [6.45, 7) is 0.166. The first-order valence-electron chi connectivity index (χ1n) is 7.86. The fourth-order valence-corrected chi connectivity index (χ4v) is 2.79. The van der Waals surface area contributed by atoms with E-state index in [9.17, 15) is 9.59 Å². The van der Waals surface area contributed by atoms with E-state index in [1.54, 1.807) is 24.3 Å². The molecule has 1 aliphatic rings. The molecule has 1 aromatic carbocycles. The van der Waals surface area contributed by atoms with E-state index in [-0.39, 0.29) is 18.9 Å². The van der Waals surface area contributed by atoms with Crippen LogP contribution in [-0.4, -0.2) is 56.7 Å². The van der Waals surface area contributed by atoms with Gasteiger partial charge >= 0.3 is 5.97 Å².